The lowest BCUT2D eigenvalue weighted by molar-refractivity contribution is -0.117. The van der Waals surface area contributed by atoms with E-state index in [4.69, 9.17) is 11.6 Å². The Morgan fingerprint density at radius 2 is 1.51 bits per heavy atom. The topological polar surface area (TPSA) is 95.1 Å². The second-order valence-electron chi connectivity index (χ2n) is 8.17. The number of halogens is 1. The van der Waals surface area contributed by atoms with E-state index in [0.717, 1.165) is 8.61 Å². The van der Waals surface area contributed by atoms with E-state index < -0.39 is 32.5 Å². The highest BCUT2D eigenvalue weighted by Crippen LogP contribution is 2.32. The number of hydrogen-bond acceptors (Lipinski definition) is 5. The van der Waals surface area contributed by atoms with Gasteiger partial charge in [0.15, 0.2) is 0 Å². The van der Waals surface area contributed by atoms with E-state index in [-0.39, 0.29) is 9.79 Å². The van der Waals surface area contributed by atoms with Gasteiger partial charge >= 0.3 is 0 Å². The van der Waals surface area contributed by atoms with Crippen LogP contribution in [0.5, 0.6) is 0 Å². The molecule has 1 amide bonds. The summed E-state index contributed by atoms with van der Waals surface area (Å²) in [5, 5.41) is 0.399. The largest absolute Gasteiger partial charge is 0.310 e. The molecule has 3 aromatic carbocycles. The summed E-state index contributed by atoms with van der Waals surface area (Å²) >= 11 is 5.92. The van der Waals surface area contributed by atoms with E-state index in [1.807, 2.05) is 0 Å². The van der Waals surface area contributed by atoms with Crippen molar-refractivity contribution in [1.82, 2.24) is 4.31 Å². The molecule has 0 aliphatic carbocycles. The van der Waals surface area contributed by atoms with Gasteiger partial charge in [-0.25, -0.2) is 21.1 Å². The van der Waals surface area contributed by atoms with Crippen LogP contribution in [0.2, 0.25) is 5.02 Å². The lowest BCUT2D eigenvalue weighted by atomic mass is 10.2. The van der Waals surface area contributed by atoms with Crippen LogP contribution < -0.4 is 9.21 Å². The first-order valence-electron chi connectivity index (χ1n) is 10.7. The maximum absolute atomic E-state index is 13.5. The number of hydrogen-bond donors (Lipinski definition) is 0. The highest BCUT2D eigenvalue weighted by atomic mass is 35.5. The molecule has 0 unspecified atom stereocenters. The third-order valence-corrected chi connectivity index (χ3v) is 9.60. The molecule has 0 spiro atoms. The third-order valence-electron chi connectivity index (χ3n) is 5.75. The number of rotatable bonds is 7. The minimum absolute atomic E-state index is 0.0129. The second-order valence-corrected chi connectivity index (χ2v) is 12.6. The number of anilines is 2. The first-order chi connectivity index (χ1) is 16.5. The summed E-state index contributed by atoms with van der Waals surface area (Å²) < 4.78 is 54.2. The third kappa shape index (κ3) is 4.92. The van der Waals surface area contributed by atoms with Crippen LogP contribution in [0.4, 0.5) is 11.4 Å². The number of fused-ring (bicyclic) bond motifs is 1. The number of nitrogens with zero attached hydrogens (tertiary/aromatic N) is 3. The first-order valence-corrected chi connectivity index (χ1v) is 14.0. The van der Waals surface area contributed by atoms with Crippen LogP contribution in [-0.2, 0) is 31.3 Å². The van der Waals surface area contributed by atoms with Gasteiger partial charge in [0.05, 0.1) is 15.5 Å². The lowest BCUT2D eigenvalue weighted by Crippen LogP contribution is -2.42. The minimum Gasteiger partial charge on any atom is -0.310 e. The van der Waals surface area contributed by atoms with Crippen LogP contribution in [-0.4, -0.2) is 54.2 Å². The number of amides is 1. The number of carbonyl (C=O) groups excluding carboxylic acids is 1. The molecule has 184 valence electrons. The van der Waals surface area contributed by atoms with Gasteiger partial charge in [-0.3, -0.25) is 9.10 Å². The molecule has 35 heavy (non-hydrogen) atoms. The van der Waals surface area contributed by atoms with Gasteiger partial charge in [-0.15, -0.1) is 0 Å². The zero-order chi connectivity index (χ0) is 25.4. The zero-order valence-electron chi connectivity index (χ0n) is 19.1. The molecule has 1 heterocycles. The Bertz CT molecular complexity index is 1460. The maximum Gasteiger partial charge on any atom is 0.264 e. The standard InChI is InChI=1S/C24H24ClN3O5S2/c1-26(2)34(30,31)22-12-13-23-18(16-22)14-15-27(23)24(29)17-28(20-6-4-3-5-7-20)35(32,33)21-10-8-19(25)9-11-21/h3-13,16H,14-15,17H2,1-2H3. The van der Waals surface area contributed by atoms with Crippen molar-refractivity contribution in [3.05, 3.63) is 83.4 Å². The van der Waals surface area contributed by atoms with Gasteiger partial charge in [-0.2, -0.15) is 0 Å². The van der Waals surface area contributed by atoms with E-state index in [1.165, 1.54) is 49.3 Å². The Morgan fingerprint density at radius 3 is 2.14 bits per heavy atom. The van der Waals surface area contributed by atoms with Gasteiger partial charge in [-0.05, 0) is 66.6 Å². The monoisotopic (exact) mass is 533 g/mol. The number of benzene rings is 3. The molecule has 8 nitrogen and oxygen atoms in total. The molecule has 0 N–H and O–H groups in total. The second kappa shape index (κ2) is 9.62. The molecule has 0 fully saturated rings. The van der Waals surface area contributed by atoms with Gasteiger partial charge < -0.3 is 4.90 Å². The van der Waals surface area contributed by atoms with Gasteiger partial charge in [0.2, 0.25) is 15.9 Å². The van der Waals surface area contributed by atoms with E-state index in [2.05, 4.69) is 0 Å². The van der Waals surface area contributed by atoms with Crippen molar-refractivity contribution < 1.29 is 21.6 Å². The summed E-state index contributed by atoms with van der Waals surface area (Å²) in [6.07, 6.45) is 0.465. The van der Waals surface area contributed by atoms with E-state index in [0.29, 0.717) is 34.9 Å². The van der Waals surface area contributed by atoms with Gasteiger partial charge in [0.1, 0.15) is 6.54 Å². The molecule has 0 saturated carbocycles. The Hall–Kier alpha value is -2.92. The maximum atomic E-state index is 13.5. The molecule has 11 heteroatoms. The van der Waals surface area contributed by atoms with Crippen LogP contribution in [0.1, 0.15) is 5.56 Å². The fourth-order valence-corrected chi connectivity index (χ4v) is 6.35. The minimum atomic E-state index is -4.07. The van der Waals surface area contributed by atoms with Crippen molar-refractivity contribution in [2.75, 3.05) is 36.4 Å². The molecule has 0 atom stereocenters. The quantitative estimate of drug-likeness (QED) is 0.464. The number of carbonyl (C=O) groups is 1. The van der Waals surface area contributed by atoms with E-state index in [9.17, 15) is 21.6 Å². The highest BCUT2D eigenvalue weighted by molar-refractivity contribution is 7.92. The highest BCUT2D eigenvalue weighted by Gasteiger charge is 2.32. The van der Waals surface area contributed by atoms with Crippen molar-refractivity contribution in [1.29, 1.82) is 0 Å². The van der Waals surface area contributed by atoms with Crippen molar-refractivity contribution >= 4 is 48.9 Å². The van der Waals surface area contributed by atoms with Crippen molar-refractivity contribution in [2.45, 2.75) is 16.2 Å². The molecule has 1 aliphatic heterocycles. The molecule has 0 saturated heterocycles. The van der Waals surface area contributed by atoms with E-state index in [1.54, 1.807) is 42.5 Å². The number of para-hydroxylation sites is 1. The van der Waals surface area contributed by atoms with Gasteiger partial charge in [0.25, 0.3) is 10.0 Å². The summed E-state index contributed by atoms with van der Waals surface area (Å²) in [6, 6.07) is 18.8. The SMILES string of the molecule is CN(C)S(=O)(=O)c1ccc2c(c1)CCN2C(=O)CN(c1ccccc1)S(=O)(=O)c1ccc(Cl)cc1. The zero-order valence-corrected chi connectivity index (χ0v) is 21.5. The molecule has 3 aromatic rings. The molecule has 4 rings (SSSR count). The molecular formula is C24H24ClN3O5S2. The summed E-state index contributed by atoms with van der Waals surface area (Å²) in [5.41, 5.74) is 1.64. The lowest BCUT2D eigenvalue weighted by Gasteiger charge is -2.27. The molecule has 0 bridgehead atoms. The summed E-state index contributed by atoms with van der Waals surface area (Å²) in [7, 11) is -4.77. The van der Waals surface area contributed by atoms with Gasteiger partial charge in [-0.1, -0.05) is 29.8 Å². The predicted molar refractivity (Wildman–Crippen MR) is 136 cm³/mol. The smallest absolute Gasteiger partial charge is 0.264 e. The Labute approximate surface area is 210 Å². The summed E-state index contributed by atoms with van der Waals surface area (Å²) in [6.45, 7) is -0.102. The molecule has 0 radical (unpaired) electrons. The predicted octanol–water partition coefficient (Wildman–Crippen LogP) is 3.37. The molecule has 1 aliphatic rings. The van der Waals surface area contributed by atoms with Crippen LogP contribution in [0.25, 0.3) is 0 Å². The number of sulfonamides is 2. The van der Waals surface area contributed by atoms with E-state index >= 15 is 0 Å². The van der Waals surface area contributed by atoms with Crippen LogP contribution in [0, 0.1) is 0 Å². The van der Waals surface area contributed by atoms with Crippen LogP contribution in [0.15, 0.2) is 82.6 Å². The summed E-state index contributed by atoms with van der Waals surface area (Å²) in [4.78, 5) is 15.0. The summed E-state index contributed by atoms with van der Waals surface area (Å²) in [5.74, 6) is -0.423. The molecular weight excluding hydrogens is 510 g/mol. The molecule has 0 aromatic heterocycles. The Morgan fingerprint density at radius 1 is 0.886 bits per heavy atom. The Balaban J connectivity index is 1.66. The fourth-order valence-electron chi connectivity index (χ4n) is 3.86. The first kappa shape index (κ1) is 25.2. The van der Waals surface area contributed by atoms with Crippen LogP contribution in [0.3, 0.4) is 0 Å². The average Bonchev–Trinajstić information content (AvgIpc) is 3.26. The van der Waals surface area contributed by atoms with Gasteiger partial charge in [0, 0.05) is 31.4 Å². The Kier molecular flexibility index (Phi) is 6.92. The van der Waals surface area contributed by atoms with Crippen molar-refractivity contribution in [3.8, 4) is 0 Å². The van der Waals surface area contributed by atoms with Crippen LogP contribution >= 0.6 is 11.6 Å². The fraction of sp³-hybridized carbons (Fsp3) is 0.208. The normalized spacial score (nSPS) is 13.7. The van der Waals surface area contributed by atoms with Crippen molar-refractivity contribution in [3.63, 3.8) is 0 Å². The van der Waals surface area contributed by atoms with Crippen molar-refractivity contribution in [2.24, 2.45) is 0 Å². The average molecular weight is 534 g/mol.